The van der Waals surface area contributed by atoms with Crippen LogP contribution in [-0.2, 0) is 12.0 Å². The lowest BCUT2D eigenvalue weighted by Gasteiger charge is -2.19. The van der Waals surface area contributed by atoms with Gasteiger partial charge in [-0.15, -0.1) is 0 Å². The number of hydrogen-bond acceptors (Lipinski definition) is 1. The average Bonchev–Trinajstić information content (AvgIpc) is 2.92. The molecule has 3 heteroatoms. The van der Waals surface area contributed by atoms with Gasteiger partial charge in [0.05, 0.1) is 5.52 Å². The van der Waals surface area contributed by atoms with Gasteiger partial charge in [-0.1, -0.05) is 64.4 Å². The van der Waals surface area contributed by atoms with Crippen molar-refractivity contribution in [1.29, 1.82) is 0 Å². The number of nitrogens with zero attached hydrogens (tertiary/aromatic N) is 2. The summed E-state index contributed by atoms with van der Waals surface area (Å²) in [6.45, 7) is 9.97. The van der Waals surface area contributed by atoms with Crippen LogP contribution in [0.4, 0.5) is 0 Å². The molecule has 2 aromatic carbocycles. The first kappa shape index (κ1) is 17.2. The first-order valence-corrected chi connectivity index (χ1v) is 9.47. The van der Waals surface area contributed by atoms with E-state index in [2.05, 4.69) is 90.7 Å². The minimum atomic E-state index is 0.171. The molecule has 126 valence electrons. The molecule has 3 aromatic rings. The Bertz CT molecular complexity index is 839. The summed E-state index contributed by atoms with van der Waals surface area (Å²) >= 11 is 3.65. The van der Waals surface area contributed by atoms with E-state index < -0.39 is 0 Å². The zero-order valence-electron chi connectivity index (χ0n) is 14.9. The minimum absolute atomic E-state index is 0.171. The van der Waals surface area contributed by atoms with E-state index in [1.54, 1.807) is 0 Å². The standard InChI is InChI=1S/C21H25BrN2/c1-5-6-14-24-18-9-7-8-17(22)19(18)23-20(24)15-10-12-16(13-11-15)21(2,3)4/h7-13H,5-6,14H2,1-4H3. The van der Waals surface area contributed by atoms with Crippen molar-refractivity contribution in [2.24, 2.45) is 0 Å². The minimum Gasteiger partial charge on any atom is -0.324 e. The molecule has 0 aliphatic rings. The number of para-hydroxylation sites is 1. The van der Waals surface area contributed by atoms with Gasteiger partial charge in [-0.3, -0.25) is 0 Å². The summed E-state index contributed by atoms with van der Waals surface area (Å²) in [4.78, 5) is 4.94. The largest absolute Gasteiger partial charge is 0.324 e. The number of fused-ring (bicyclic) bond motifs is 1. The monoisotopic (exact) mass is 384 g/mol. The maximum absolute atomic E-state index is 4.94. The van der Waals surface area contributed by atoms with Gasteiger partial charge < -0.3 is 4.57 Å². The summed E-state index contributed by atoms with van der Waals surface area (Å²) in [5, 5.41) is 0. The average molecular weight is 385 g/mol. The zero-order chi connectivity index (χ0) is 17.3. The highest BCUT2D eigenvalue weighted by Crippen LogP contribution is 2.31. The normalized spacial score (nSPS) is 12.0. The van der Waals surface area contributed by atoms with Crippen molar-refractivity contribution in [1.82, 2.24) is 9.55 Å². The molecule has 0 amide bonds. The molecule has 0 unspecified atom stereocenters. The van der Waals surface area contributed by atoms with Crippen molar-refractivity contribution in [3.8, 4) is 11.4 Å². The summed E-state index contributed by atoms with van der Waals surface area (Å²) in [5.74, 6) is 1.06. The van der Waals surface area contributed by atoms with Crippen LogP contribution in [0, 0.1) is 0 Å². The van der Waals surface area contributed by atoms with Gasteiger partial charge >= 0.3 is 0 Å². The predicted octanol–water partition coefficient (Wildman–Crippen LogP) is 6.56. The number of aromatic nitrogens is 2. The van der Waals surface area contributed by atoms with Gasteiger partial charge in [0.1, 0.15) is 11.3 Å². The van der Waals surface area contributed by atoms with Gasteiger partial charge in [-0.25, -0.2) is 4.98 Å². The lowest BCUT2D eigenvalue weighted by atomic mass is 9.87. The van der Waals surface area contributed by atoms with Crippen molar-refractivity contribution < 1.29 is 0 Å². The third kappa shape index (κ3) is 3.27. The van der Waals surface area contributed by atoms with Gasteiger partial charge in [0, 0.05) is 16.6 Å². The highest BCUT2D eigenvalue weighted by atomic mass is 79.9. The fraction of sp³-hybridized carbons (Fsp3) is 0.381. The van der Waals surface area contributed by atoms with E-state index in [0.717, 1.165) is 28.8 Å². The molecule has 0 bridgehead atoms. The van der Waals surface area contributed by atoms with Crippen LogP contribution >= 0.6 is 15.9 Å². The van der Waals surface area contributed by atoms with E-state index in [1.807, 2.05) is 0 Å². The zero-order valence-corrected chi connectivity index (χ0v) is 16.5. The van der Waals surface area contributed by atoms with Crippen molar-refractivity contribution >= 4 is 27.0 Å². The third-order valence-electron chi connectivity index (χ3n) is 4.47. The molecule has 2 nitrogen and oxygen atoms in total. The second-order valence-corrected chi connectivity index (χ2v) is 8.23. The molecule has 0 saturated heterocycles. The Balaban J connectivity index is 2.12. The number of halogens is 1. The molecule has 0 radical (unpaired) electrons. The fourth-order valence-electron chi connectivity index (χ4n) is 3.00. The third-order valence-corrected chi connectivity index (χ3v) is 5.11. The summed E-state index contributed by atoms with van der Waals surface area (Å²) in [7, 11) is 0. The van der Waals surface area contributed by atoms with Gasteiger partial charge in [-0.2, -0.15) is 0 Å². The Labute approximate surface area is 153 Å². The molecular weight excluding hydrogens is 360 g/mol. The summed E-state index contributed by atoms with van der Waals surface area (Å²) in [6, 6.07) is 15.2. The quantitative estimate of drug-likeness (QED) is 0.497. The van der Waals surface area contributed by atoms with Crippen LogP contribution in [0.15, 0.2) is 46.9 Å². The van der Waals surface area contributed by atoms with Crippen LogP contribution in [0.2, 0.25) is 0 Å². The number of benzene rings is 2. The van der Waals surface area contributed by atoms with Crippen LogP contribution < -0.4 is 0 Å². The first-order chi connectivity index (χ1) is 11.4. The van der Waals surface area contributed by atoms with Crippen molar-refractivity contribution in [2.75, 3.05) is 0 Å². The molecule has 0 spiro atoms. The van der Waals surface area contributed by atoms with Crippen LogP contribution in [-0.4, -0.2) is 9.55 Å². The number of rotatable bonds is 4. The summed E-state index contributed by atoms with van der Waals surface area (Å²) < 4.78 is 3.41. The fourth-order valence-corrected chi connectivity index (χ4v) is 3.44. The van der Waals surface area contributed by atoms with Crippen LogP contribution in [0.3, 0.4) is 0 Å². The van der Waals surface area contributed by atoms with Crippen molar-refractivity contribution in [2.45, 2.75) is 52.5 Å². The maximum Gasteiger partial charge on any atom is 0.141 e. The first-order valence-electron chi connectivity index (χ1n) is 8.67. The number of aryl methyl sites for hydroxylation is 1. The Morgan fingerprint density at radius 3 is 2.38 bits per heavy atom. The second-order valence-electron chi connectivity index (χ2n) is 7.38. The van der Waals surface area contributed by atoms with Gasteiger partial charge in [0.25, 0.3) is 0 Å². The van der Waals surface area contributed by atoms with E-state index in [0.29, 0.717) is 0 Å². The summed E-state index contributed by atoms with van der Waals surface area (Å²) in [5.41, 5.74) is 4.95. The molecule has 1 aromatic heterocycles. The van der Waals surface area contributed by atoms with Crippen LogP contribution in [0.5, 0.6) is 0 Å². The Hall–Kier alpha value is -1.61. The Morgan fingerprint density at radius 1 is 1.04 bits per heavy atom. The number of imidazole rings is 1. The smallest absolute Gasteiger partial charge is 0.141 e. The SMILES string of the molecule is CCCCn1c(-c2ccc(C(C)(C)C)cc2)nc2c(Br)cccc21. The topological polar surface area (TPSA) is 17.8 Å². The molecule has 0 atom stereocenters. The molecule has 3 rings (SSSR count). The van der Waals surface area contributed by atoms with E-state index >= 15 is 0 Å². The second kappa shape index (κ2) is 6.72. The Morgan fingerprint density at radius 2 is 1.75 bits per heavy atom. The number of unbranched alkanes of at least 4 members (excludes halogenated alkanes) is 1. The molecule has 0 fully saturated rings. The van der Waals surface area contributed by atoms with Crippen molar-refractivity contribution in [3.63, 3.8) is 0 Å². The van der Waals surface area contributed by atoms with E-state index in [4.69, 9.17) is 4.98 Å². The van der Waals surface area contributed by atoms with Gasteiger partial charge in [0.15, 0.2) is 0 Å². The van der Waals surface area contributed by atoms with Gasteiger partial charge in [-0.05, 0) is 45.5 Å². The molecule has 1 heterocycles. The number of hydrogen-bond donors (Lipinski definition) is 0. The van der Waals surface area contributed by atoms with Crippen LogP contribution in [0.25, 0.3) is 22.4 Å². The summed E-state index contributed by atoms with van der Waals surface area (Å²) in [6.07, 6.45) is 2.33. The lowest BCUT2D eigenvalue weighted by Crippen LogP contribution is -2.10. The molecule has 0 aliphatic carbocycles. The van der Waals surface area contributed by atoms with E-state index in [1.165, 1.54) is 23.1 Å². The van der Waals surface area contributed by atoms with Crippen LogP contribution in [0.1, 0.15) is 46.1 Å². The Kier molecular flexibility index (Phi) is 4.82. The predicted molar refractivity (Wildman–Crippen MR) is 106 cm³/mol. The molecule has 0 N–H and O–H groups in total. The molecule has 0 saturated carbocycles. The van der Waals surface area contributed by atoms with Gasteiger partial charge in [0.2, 0.25) is 0 Å². The molecule has 24 heavy (non-hydrogen) atoms. The molecule has 0 aliphatic heterocycles. The van der Waals surface area contributed by atoms with Crippen molar-refractivity contribution in [3.05, 3.63) is 52.5 Å². The van der Waals surface area contributed by atoms with E-state index in [-0.39, 0.29) is 5.41 Å². The highest BCUT2D eigenvalue weighted by Gasteiger charge is 2.16. The molecular formula is C21H25BrN2. The maximum atomic E-state index is 4.94. The van der Waals surface area contributed by atoms with E-state index in [9.17, 15) is 0 Å². The highest BCUT2D eigenvalue weighted by molar-refractivity contribution is 9.10. The lowest BCUT2D eigenvalue weighted by molar-refractivity contribution is 0.590.